The fraction of sp³-hybridized carbons (Fsp3) is 0.250. The highest BCUT2D eigenvalue weighted by Gasteiger charge is 2.09. The molecule has 1 radical (unpaired) electrons. The van der Waals surface area contributed by atoms with Crippen LogP contribution in [0, 0.1) is 5.82 Å². The van der Waals surface area contributed by atoms with E-state index in [4.69, 9.17) is 23.2 Å². The van der Waals surface area contributed by atoms with Crippen LogP contribution in [0.3, 0.4) is 0 Å². The fourth-order valence-corrected chi connectivity index (χ4v) is 1.46. The van der Waals surface area contributed by atoms with Crippen molar-refractivity contribution >= 4 is 23.2 Å². The Bertz CT molecular complexity index is 289. The maximum Gasteiger partial charge on any atom is 0.142 e. The van der Waals surface area contributed by atoms with Gasteiger partial charge in [-0.25, -0.2) is 9.50 Å². The minimum absolute atomic E-state index is 0.0432. The second-order valence-electron chi connectivity index (χ2n) is 2.28. The van der Waals surface area contributed by atoms with E-state index in [1.807, 2.05) is 0 Å². The Labute approximate surface area is 79.7 Å². The molecule has 0 bridgehead atoms. The van der Waals surface area contributed by atoms with Crippen molar-refractivity contribution in [3.8, 4) is 0 Å². The van der Waals surface area contributed by atoms with Crippen molar-refractivity contribution in [1.29, 1.82) is 0 Å². The van der Waals surface area contributed by atoms with Crippen LogP contribution in [0.15, 0.2) is 12.1 Å². The van der Waals surface area contributed by atoms with Gasteiger partial charge in [0.1, 0.15) is 5.82 Å². The van der Waals surface area contributed by atoms with Gasteiger partial charge in [0.25, 0.3) is 0 Å². The van der Waals surface area contributed by atoms with Gasteiger partial charge in [0, 0.05) is 11.4 Å². The molecule has 1 aromatic rings. The lowest BCUT2D eigenvalue weighted by Gasteiger charge is -2.04. The predicted octanol–water partition coefficient (Wildman–Crippen LogP) is 3.11. The molecule has 1 nitrogen and oxygen atoms in total. The molecule has 0 aromatic heterocycles. The van der Waals surface area contributed by atoms with Crippen molar-refractivity contribution in [3.05, 3.63) is 33.6 Å². The molecule has 12 heavy (non-hydrogen) atoms. The standard InChI is InChI=1S/C8H6Cl2FO/c9-6-1-2-7(11)8(10)5(6)3-4-12/h1-2H,3-4H2. The van der Waals surface area contributed by atoms with Gasteiger partial charge < -0.3 is 0 Å². The first-order valence-electron chi connectivity index (χ1n) is 3.37. The molecular weight excluding hydrogens is 202 g/mol. The molecule has 0 aliphatic carbocycles. The first kappa shape index (κ1) is 9.78. The van der Waals surface area contributed by atoms with E-state index < -0.39 is 5.82 Å². The summed E-state index contributed by atoms with van der Waals surface area (Å²) in [7, 11) is 0. The summed E-state index contributed by atoms with van der Waals surface area (Å²) in [4.78, 5) is 0. The van der Waals surface area contributed by atoms with Crippen molar-refractivity contribution < 1.29 is 9.50 Å². The lowest BCUT2D eigenvalue weighted by molar-refractivity contribution is 0.197. The van der Waals surface area contributed by atoms with Crippen LogP contribution in [0.1, 0.15) is 5.56 Å². The van der Waals surface area contributed by atoms with Crippen LogP contribution < -0.4 is 0 Å². The zero-order valence-electron chi connectivity index (χ0n) is 6.11. The monoisotopic (exact) mass is 207 g/mol. The van der Waals surface area contributed by atoms with Crippen LogP contribution in [0.25, 0.3) is 0 Å². The molecule has 0 saturated carbocycles. The van der Waals surface area contributed by atoms with Crippen LogP contribution in [-0.4, -0.2) is 6.61 Å². The molecule has 1 aromatic carbocycles. The highest BCUT2D eigenvalue weighted by atomic mass is 35.5. The summed E-state index contributed by atoms with van der Waals surface area (Å²) in [5, 5.41) is 10.6. The second kappa shape index (κ2) is 4.08. The maximum absolute atomic E-state index is 12.8. The smallest absolute Gasteiger partial charge is 0.142 e. The summed E-state index contributed by atoms with van der Waals surface area (Å²) < 4.78 is 12.8. The lowest BCUT2D eigenvalue weighted by atomic mass is 10.1. The zero-order chi connectivity index (χ0) is 9.14. The van der Waals surface area contributed by atoms with Gasteiger partial charge in [-0.3, -0.25) is 0 Å². The first-order chi connectivity index (χ1) is 5.66. The van der Waals surface area contributed by atoms with Crippen molar-refractivity contribution in [2.24, 2.45) is 0 Å². The number of rotatable bonds is 2. The molecule has 0 amide bonds. The SMILES string of the molecule is [O]CCc1c(Cl)ccc(F)c1Cl. The van der Waals surface area contributed by atoms with Gasteiger partial charge in [0.05, 0.1) is 11.6 Å². The first-order valence-corrected chi connectivity index (χ1v) is 4.13. The van der Waals surface area contributed by atoms with Gasteiger partial charge in [0.2, 0.25) is 0 Å². The average Bonchev–Trinajstić information content (AvgIpc) is 2.06. The number of halogens is 3. The molecule has 1 rings (SSSR count). The molecule has 0 spiro atoms. The third-order valence-electron chi connectivity index (χ3n) is 1.49. The van der Waals surface area contributed by atoms with Crippen molar-refractivity contribution in [2.75, 3.05) is 6.61 Å². The van der Waals surface area contributed by atoms with E-state index in [0.29, 0.717) is 10.6 Å². The van der Waals surface area contributed by atoms with Gasteiger partial charge in [-0.15, -0.1) is 0 Å². The quantitative estimate of drug-likeness (QED) is 0.665. The van der Waals surface area contributed by atoms with Crippen molar-refractivity contribution in [2.45, 2.75) is 6.42 Å². The lowest BCUT2D eigenvalue weighted by Crippen LogP contribution is -1.94. The van der Waals surface area contributed by atoms with Crippen LogP contribution in [-0.2, 0) is 11.5 Å². The van der Waals surface area contributed by atoms with E-state index in [-0.39, 0.29) is 18.1 Å². The summed E-state index contributed by atoms with van der Waals surface area (Å²) >= 11 is 11.3. The molecule has 0 saturated heterocycles. The summed E-state index contributed by atoms with van der Waals surface area (Å²) in [6, 6.07) is 2.58. The van der Waals surface area contributed by atoms with Gasteiger partial charge in [-0.2, -0.15) is 0 Å². The molecule has 65 valence electrons. The summed E-state index contributed by atoms with van der Waals surface area (Å²) in [5.41, 5.74) is 0.397. The number of hydrogen-bond donors (Lipinski definition) is 0. The van der Waals surface area contributed by atoms with Crippen LogP contribution in [0.4, 0.5) is 4.39 Å². The number of hydrogen-bond acceptors (Lipinski definition) is 0. The molecule has 0 fully saturated rings. The van der Waals surface area contributed by atoms with Crippen LogP contribution in [0.2, 0.25) is 10.0 Å². The van der Waals surface area contributed by atoms with Gasteiger partial charge in [-0.05, 0) is 17.7 Å². The van der Waals surface area contributed by atoms with E-state index in [1.165, 1.54) is 12.1 Å². The maximum atomic E-state index is 12.8. The Kier molecular flexibility index (Phi) is 3.32. The van der Waals surface area contributed by atoms with E-state index in [0.717, 1.165) is 0 Å². The Morgan fingerprint density at radius 3 is 2.58 bits per heavy atom. The highest BCUT2D eigenvalue weighted by Crippen LogP contribution is 2.27. The summed E-state index contributed by atoms with van der Waals surface area (Å²) in [6.07, 6.45) is 0.162. The minimum atomic E-state index is -0.537. The topological polar surface area (TPSA) is 19.9 Å². The Hall–Kier alpha value is -0.310. The number of benzene rings is 1. The van der Waals surface area contributed by atoms with E-state index in [2.05, 4.69) is 0 Å². The Morgan fingerprint density at radius 1 is 1.33 bits per heavy atom. The average molecular weight is 208 g/mol. The minimum Gasteiger partial charge on any atom is -0.236 e. The van der Waals surface area contributed by atoms with Gasteiger partial charge in [0.15, 0.2) is 0 Å². The van der Waals surface area contributed by atoms with Crippen molar-refractivity contribution in [3.63, 3.8) is 0 Å². The molecule has 0 aliphatic rings. The van der Waals surface area contributed by atoms with E-state index >= 15 is 0 Å². The normalized spacial score (nSPS) is 10.3. The van der Waals surface area contributed by atoms with Gasteiger partial charge in [-0.1, -0.05) is 23.2 Å². The molecule has 0 aliphatic heterocycles. The molecular formula is C8H6Cl2FO. The molecule has 0 N–H and O–H groups in total. The second-order valence-corrected chi connectivity index (χ2v) is 3.06. The molecule has 0 heterocycles. The van der Waals surface area contributed by atoms with Crippen LogP contribution in [0.5, 0.6) is 0 Å². The van der Waals surface area contributed by atoms with Crippen LogP contribution >= 0.6 is 23.2 Å². The molecule has 4 heteroatoms. The predicted molar refractivity (Wildman–Crippen MR) is 45.7 cm³/mol. The van der Waals surface area contributed by atoms with E-state index in [9.17, 15) is 9.50 Å². The summed E-state index contributed by atoms with van der Waals surface area (Å²) in [5.74, 6) is -0.537. The summed E-state index contributed by atoms with van der Waals surface area (Å²) in [6.45, 7) is -0.344. The van der Waals surface area contributed by atoms with E-state index in [1.54, 1.807) is 0 Å². The largest absolute Gasteiger partial charge is 0.236 e. The molecule has 0 atom stereocenters. The Balaban J connectivity index is 3.14. The zero-order valence-corrected chi connectivity index (χ0v) is 7.62. The van der Waals surface area contributed by atoms with Crippen molar-refractivity contribution in [1.82, 2.24) is 0 Å². The highest BCUT2D eigenvalue weighted by molar-refractivity contribution is 6.36. The fourth-order valence-electron chi connectivity index (χ4n) is 0.900. The third kappa shape index (κ3) is 1.89. The third-order valence-corrected chi connectivity index (χ3v) is 2.25. The molecule has 0 unspecified atom stereocenters. The van der Waals surface area contributed by atoms with Gasteiger partial charge >= 0.3 is 0 Å². The Morgan fingerprint density at radius 2 is 2.00 bits per heavy atom.